The molecule has 0 radical (unpaired) electrons. The predicted octanol–water partition coefficient (Wildman–Crippen LogP) is 2.91. The Balaban J connectivity index is 1.85. The molecule has 0 atom stereocenters. The number of rotatable bonds is 5. The van der Waals surface area contributed by atoms with Gasteiger partial charge in [-0.15, -0.1) is 0 Å². The molecule has 0 spiro atoms. The Morgan fingerprint density at radius 1 is 1.30 bits per heavy atom. The highest BCUT2D eigenvalue weighted by Gasteiger charge is 2.37. The van der Waals surface area contributed by atoms with Gasteiger partial charge in [-0.25, -0.2) is 0 Å². The molecule has 0 heterocycles. The van der Waals surface area contributed by atoms with Gasteiger partial charge in [0.15, 0.2) is 0 Å². The maximum Gasteiger partial charge on any atom is 0.227 e. The number of nitrogens with two attached hydrogens (primary N) is 1. The van der Waals surface area contributed by atoms with E-state index in [0.717, 1.165) is 42.7 Å². The van der Waals surface area contributed by atoms with Gasteiger partial charge in [0.25, 0.3) is 0 Å². The average Bonchev–Trinajstić information content (AvgIpc) is 2.48. The van der Waals surface area contributed by atoms with Crippen LogP contribution in [0, 0.1) is 5.41 Å². The smallest absolute Gasteiger partial charge is 0.227 e. The fraction of sp³-hybridized carbons (Fsp3) is 0.562. The lowest BCUT2D eigenvalue weighted by Crippen LogP contribution is -2.47. The lowest BCUT2D eigenvalue weighted by atomic mass is 9.73. The Labute approximate surface area is 125 Å². The molecule has 0 unspecified atom stereocenters. The Hall–Kier alpha value is -1.06. The molecule has 1 aromatic rings. The van der Waals surface area contributed by atoms with Crippen molar-refractivity contribution in [2.45, 2.75) is 38.5 Å². The van der Waals surface area contributed by atoms with Crippen LogP contribution in [0.2, 0.25) is 5.02 Å². The van der Waals surface area contributed by atoms with Crippen molar-refractivity contribution >= 4 is 17.5 Å². The van der Waals surface area contributed by atoms with Crippen LogP contribution in [0.5, 0.6) is 0 Å². The topological polar surface area (TPSA) is 55.1 Å². The highest BCUT2D eigenvalue weighted by atomic mass is 35.5. The van der Waals surface area contributed by atoms with Crippen molar-refractivity contribution in [3.63, 3.8) is 0 Å². The molecule has 0 bridgehead atoms. The van der Waals surface area contributed by atoms with E-state index < -0.39 is 0 Å². The van der Waals surface area contributed by atoms with E-state index in [1.807, 2.05) is 24.3 Å². The second-order valence-corrected chi connectivity index (χ2v) is 6.12. The van der Waals surface area contributed by atoms with Crippen molar-refractivity contribution in [2.24, 2.45) is 11.1 Å². The molecule has 0 aromatic heterocycles. The number of halogens is 1. The lowest BCUT2D eigenvalue weighted by molar-refractivity contribution is -0.132. The second kappa shape index (κ2) is 7.09. The van der Waals surface area contributed by atoms with Crippen LogP contribution < -0.4 is 11.1 Å². The monoisotopic (exact) mass is 294 g/mol. The predicted molar refractivity (Wildman–Crippen MR) is 82.7 cm³/mol. The van der Waals surface area contributed by atoms with E-state index in [-0.39, 0.29) is 11.3 Å². The molecular formula is C16H23ClN2O. The molecule has 110 valence electrons. The van der Waals surface area contributed by atoms with Crippen LogP contribution >= 0.6 is 11.6 Å². The van der Waals surface area contributed by atoms with E-state index in [4.69, 9.17) is 17.3 Å². The van der Waals surface area contributed by atoms with Crippen molar-refractivity contribution in [3.05, 3.63) is 34.9 Å². The number of amides is 1. The van der Waals surface area contributed by atoms with Gasteiger partial charge < -0.3 is 11.1 Å². The number of hydrogen-bond acceptors (Lipinski definition) is 2. The molecule has 1 amide bonds. The molecule has 1 aliphatic rings. The number of hydrogen-bond donors (Lipinski definition) is 2. The van der Waals surface area contributed by atoms with Gasteiger partial charge in [0, 0.05) is 18.1 Å². The summed E-state index contributed by atoms with van der Waals surface area (Å²) in [5.74, 6) is 0.127. The first-order chi connectivity index (χ1) is 9.66. The summed E-state index contributed by atoms with van der Waals surface area (Å²) in [6.07, 6.45) is 6.08. The van der Waals surface area contributed by atoms with Crippen molar-refractivity contribution in [1.82, 2.24) is 5.32 Å². The molecular weight excluding hydrogens is 272 g/mol. The minimum absolute atomic E-state index is 0.127. The molecule has 1 aromatic carbocycles. The van der Waals surface area contributed by atoms with Crippen LogP contribution in [0.15, 0.2) is 24.3 Å². The summed E-state index contributed by atoms with van der Waals surface area (Å²) in [5, 5.41) is 3.79. The Bertz CT molecular complexity index is 456. The first-order valence-electron chi connectivity index (χ1n) is 7.39. The summed E-state index contributed by atoms with van der Waals surface area (Å²) in [6.45, 7) is 1.09. The quantitative estimate of drug-likeness (QED) is 0.877. The van der Waals surface area contributed by atoms with Crippen LogP contribution in [-0.2, 0) is 11.2 Å². The Morgan fingerprint density at radius 2 is 2.05 bits per heavy atom. The summed E-state index contributed by atoms with van der Waals surface area (Å²) in [6, 6.07) is 7.75. The second-order valence-electron chi connectivity index (χ2n) is 5.68. The van der Waals surface area contributed by atoms with E-state index in [1.54, 1.807) is 0 Å². The van der Waals surface area contributed by atoms with E-state index in [0.29, 0.717) is 13.1 Å². The van der Waals surface area contributed by atoms with E-state index in [1.165, 1.54) is 6.42 Å². The number of carbonyl (C=O) groups excluding carboxylic acids is 1. The summed E-state index contributed by atoms with van der Waals surface area (Å²) < 4.78 is 0. The molecule has 1 saturated carbocycles. The van der Waals surface area contributed by atoms with Crippen molar-refractivity contribution in [1.29, 1.82) is 0 Å². The molecule has 3 nitrogen and oxygen atoms in total. The van der Waals surface area contributed by atoms with Crippen molar-refractivity contribution < 1.29 is 4.79 Å². The molecule has 20 heavy (non-hydrogen) atoms. The first kappa shape index (κ1) is 15.3. The fourth-order valence-corrected chi connectivity index (χ4v) is 3.17. The van der Waals surface area contributed by atoms with E-state index >= 15 is 0 Å². The molecule has 3 N–H and O–H groups in total. The van der Waals surface area contributed by atoms with Gasteiger partial charge in [-0.2, -0.15) is 0 Å². The largest absolute Gasteiger partial charge is 0.355 e. The molecule has 0 saturated heterocycles. The third-order valence-electron chi connectivity index (χ3n) is 4.27. The Kier molecular flexibility index (Phi) is 5.44. The number of nitrogens with one attached hydrogen (secondary N) is 1. The van der Waals surface area contributed by atoms with Crippen molar-refractivity contribution in [2.75, 3.05) is 13.1 Å². The third-order valence-corrected chi connectivity index (χ3v) is 4.51. The van der Waals surface area contributed by atoms with Gasteiger partial charge >= 0.3 is 0 Å². The van der Waals surface area contributed by atoms with E-state index in [9.17, 15) is 4.79 Å². The molecule has 1 fully saturated rings. The molecule has 0 aliphatic heterocycles. The van der Waals surface area contributed by atoms with Gasteiger partial charge in [-0.05, 0) is 37.0 Å². The standard InChI is InChI=1S/C16H23ClN2O/c17-14-6-4-5-13(11-14)7-10-19-15(20)16(12-18)8-2-1-3-9-16/h4-6,11H,1-3,7-10,12,18H2,(H,19,20). The zero-order valence-electron chi connectivity index (χ0n) is 11.8. The summed E-state index contributed by atoms with van der Waals surface area (Å²) in [4.78, 5) is 12.4. The highest BCUT2D eigenvalue weighted by molar-refractivity contribution is 6.30. The van der Waals surface area contributed by atoms with Gasteiger partial charge in [-0.1, -0.05) is 43.0 Å². The highest BCUT2D eigenvalue weighted by Crippen LogP contribution is 2.35. The summed E-state index contributed by atoms with van der Waals surface area (Å²) >= 11 is 5.95. The van der Waals surface area contributed by atoms with E-state index in [2.05, 4.69) is 5.32 Å². The van der Waals surface area contributed by atoms with Crippen molar-refractivity contribution in [3.8, 4) is 0 Å². The van der Waals surface area contributed by atoms with Gasteiger partial charge in [0.05, 0.1) is 5.41 Å². The normalized spacial score (nSPS) is 17.7. The van der Waals surface area contributed by atoms with Gasteiger partial charge in [-0.3, -0.25) is 4.79 Å². The lowest BCUT2D eigenvalue weighted by Gasteiger charge is -2.34. The number of carbonyl (C=O) groups is 1. The van der Waals surface area contributed by atoms with Crippen LogP contribution in [-0.4, -0.2) is 19.0 Å². The molecule has 4 heteroatoms. The number of benzene rings is 1. The van der Waals surface area contributed by atoms with Gasteiger partial charge in [0.1, 0.15) is 0 Å². The SMILES string of the molecule is NCC1(C(=O)NCCc2cccc(Cl)c2)CCCCC1. The van der Waals surface area contributed by atoms with Crippen LogP contribution in [0.4, 0.5) is 0 Å². The van der Waals surface area contributed by atoms with Gasteiger partial charge in [0.2, 0.25) is 5.91 Å². The molecule has 1 aliphatic carbocycles. The molecule has 2 rings (SSSR count). The zero-order valence-corrected chi connectivity index (χ0v) is 12.6. The van der Waals surface area contributed by atoms with Crippen LogP contribution in [0.3, 0.4) is 0 Å². The summed E-state index contributed by atoms with van der Waals surface area (Å²) in [7, 11) is 0. The average molecular weight is 295 g/mol. The third kappa shape index (κ3) is 3.74. The zero-order chi connectivity index (χ0) is 14.4. The van der Waals surface area contributed by atoms with Crippen LogP contribution in [0.25, 0.3) is 0 Å². The Morgan fingerprint density at radius 3 is 2.70 bits per heavy atom. The maximum atomic E-state index is 12.4. The fourth-order valence-electron chi connectivity index (χ4n) is 2.95. The maximum absolute atomic E-state index is 12.4. The minimum atomic E-state index is -0.327. The minimum Gasteiger partial charge on any atom is -0.355 e. The van der Waals surface area contributed by atoms with Crippen LogP contribution in [0.1, 0.15) is 37.7 Å². The summed E-state index contributed by atoms with van der Waals surface area (Å²) in [5.41, 5.74) is 6.68. The first-order valence-corrected chi connectivity index (χ1v) is 7.77.